The molecule has 22 heavy (non-hydrogen) atoms. The summed E-state index contributed by atoms with van der Waals surface area (Å²) < 4.78 is 2.34. The number of hydrogen-bond donors (Lipinski definition) is 0. The summed E-state index contributed by atoms with van der Waals surface area (Å²) in [6.45, 7) is 4.00. The Kier molecular flexibility index (Phi) is 4.24. The summed E-state index contributed by atoms with van der Waals surface area (Å²) >= 11 is 0. The topological polar surface area (TPSA) is 4.93 Å². The van der Waals surface area contributed by atoms with Gasteiger partial charge in [-0.25, -0.2) is 0 Å². The summed E-state index contributed by atoms with van der Waals surface area (Å²) in [5.74, 6) is 0. The Labute approximate surface area is 132 Å². The first-order chi connectivity index (χ1) is 10.9. The van der Waals surface area contributed by atoms with Gasteiger partial charge in [0, 0.05) is 16.6 Å². The van der Waals surface area contributed by atoms with Crippen molar-refractivity contribution in [3.63, 3.8) is 0 Å². The SMILES string of the molecule is C1=Cc2c(n(-c3ccccc3)c3ccccc23)C=CC1.CC. The van der Waals surface area contributed by atoms with E-state index in [4.69, 9.17) is 0 Å². The van der Waals surface area contributed by atoms with Crippen molar-refractivity contribution in [3.05, 3.63) is 78.0 Å². The van der Waals surface area contributed by atoms with E-state index in [2.05, 4.69) is 83.5 Å². The lowest BCUT2D eigenvalue weighted by atomic mass is 10.1. The van der Waals surface area contributed by atoms with Gasteiger partial charge in [0.15, 0.2) is 0 Å². The zero-order chi connectivity index (χ0) is 15.4. The maximum atomic E-state index is 2.34. The highest BCUT2D eigenvalue weighted by molar-refractivity contribution is 5.95. The number of allylic oxidation sites excluding steroid dienone is 2. The molecular formula is C21H21N. The predicted octanol–water partition coefficient (Wildman–Crippen LogP) is 6.09. The van der Waals surface area contributed by atoms with Gasteiger partial charge in [-0.2, -0.15) is 0 Å². The van der Waals surface area contributed by atoms with E-state index in [0.29, 0.717) is 0 Å². The molecule has 3 aromatic rings. The third kappa shape index (κ3) is 2.39. The summed E-state index contributed by atoms with van der Waals surface area (Å²) in [5, 5.41) is 1.31. The molecule has 110 valence electrons. The van der Waals surface area contributed by atoms with E-state index in [9.17, 15) is 0 Å². The van der Waals surface area contributed by atoms with Crippen molar-refractivity contribution < 1.29 is 0 Å². The smallest absolute Gasteiger partial charge is 0.0541 e. The van der Waals surface area contributed by atoms with Crippen LogP contribution in [0, 0.1) is 0 Å². The molecule has 0 radical (unpaired) electrons. The molecule has 0 amide bonds. The summed E-state index contributed by atoms with van der Waals surface area (Å²) in [6.07, 6.45) is 9.93. The molecule has 0 unspecified atom stereocenters. The van der Waals surface area contributed by atoms with Crippen LogP contribution < -0.4 is 0 Å². The van der Waals surface area contributed by atoms with Gasteiger partial charge in [0.05, 0.1) is 11.2 Å². The lowest BCUT2D eigenvalue weighted by Crippen LogP contribution is -1.96. The Bertz CT molecular complexity index is 820. The zero-order valence-corrected chi connectivity index (χ0v) is 13.2. The Balaban J connectivity index is 0.000000693. The standard InChI is InChI=1S/C19H15N.C2H6/c1-3-9-15(10-4-1)20-18-13-6-2-5-11-16(18)17-12-7-8-14-19(17)20;1-2/h1,3-14H,2H2;1-2H3. The molecular weight excluding hydrogens is 266 g/mol. The third-order valence-corrected chi connectivity index (χ3v) is 3.80. The average Bonchev–Trinajstić information content (AvgIpc) is 2.74. The van der Waals surface area contributed by atoms with Crippen LogP contribution in [0.2, 0.25) is 0 Å². The van der Waals surface area contributed by atoms with Gasteiger partial charge in [0.25, 0.3) is 0 Å². The second-order valence-corrected chi connectivity index (χ2v) is 5.03. The number of fused-ring (bicyclic) bond motifs is 3. The van der Waals surface area contributed by atoms with Gasteiger partial charge in [-0.05, 0) is 30.7 Å². The lowest BCUT2D eigenvalue weighted by Gasteiger charge is -2.08. The van der Waals surface area contributed by atoms with Gasteiger partial charge in [-0.3, -0.25) is 0 Å². The fourth-order valence-electron chi connectivity index (χ4n) is 2.92. The number of rotatable bonds is 1. The van der Waals surface area contributed by atoms with Crippen molar-refractivity contribution in [1.82, 2.24) is 4.57 Å². The molecule has 4 rings (SSSR count). The number of benzene rings is 2. The zero-order valence-electron chi connectivity index (χ0n) is 13.2. The molecule has 1 aliphatic carbocycles. The van der Waals surface area contributed by atoms with Crippen LogP contribution in [0.1, 0.15) is 31.5 Å². The van der Waals surface area contributed by atoms with Crippen LogP contribution in [0.3, 0.4) is 0 Å². The van der Waals surface area contributed by atoms with E-state index in [-0.39, 0.29) is 0 Å². The molecule has 2 aromatic carbocycles. The molecule has 0 saturated carbocycles. The van der Waals surface area contributed by atoms with E-state index in [1.54, 1.807) is 0 Å². The van der Waals surface area contributed by atoms with Crippen LogP contribution in [0.5, 0.6) is 0 Å². The van der Waals surface area contributed by atoms with Gasteiger partial charge in [0.2, 0.25) is 0 Å². The largest absolute Gasteiger partial charge is 0.309 e. The fourth-order valence-corrected chi connectivity index (χ4v) is 2.92. The lowest BCUT2D eigenvalue weighted by molar-refractivity contribution is 1.10. The Morgan fingerprint density at radius 2 is 1.45 bits per heavy atom. The molecule has 0 bridgehead atoms. The minimum absolute atomic E-state index is 0.998. The summed E-state index contributed by atoms with van der Waals surface area (Å²) in [7, 11) is 0. The molecule has 0 spiro atoms. The quantitative estimate of drug-likeness (QED) is 0.510. The van der Waals surface area contributed by atoms with E-state index in [0.717, 1.165) is 6.42 Å². The van der Waals surface area contributed by atoms with Gasteiger partial charge in [-0.1, -0.05) is 68.5 Å². The number of nitrogens with zero attached hydrogens (tertiary/aromatic N) is 1. The minimum Gasteiger partial charge on any atom is -0.309 e. The van der Waals surface area contributed by atoms with Gasteiger partial charge >= 0.3 is 0 Å². The highest BCUT2D eigenvalue weighted by Crippen LogP contribution is 2.32. The van der Waals surface area contributed by atoms with Crippen molar-refractivity contribution in [2.45, 2.75) is 20.3 Å². The first kappa shape index (κ1) is 14.4. The first-order valence-corrected chi connectivity index (χ1v) is 7.97. The molecule has 1 aliphatic rings. The van der Waals surface area contributed by atoms with Crippen LogP contribution in [-0.2, 0) is 0 Å². The first-order valence-electron chi connectivity index (χ1n) is 7.97. The van der Waals surface area contributed by atoms with Gasteiger partial charge < -0.3 is 4.57 Å². The summed E-state index contributed by atoms with van der Waals surface area (Å²) in [5.41, 5.74) is 5.06. The molecule has 0 N–H and O–H groups in total. The molecule has 1 heteroatoms. The van der Waals surface area contributed by atoms with Crippen molar-refractivity contribution in [1.29, 1.82) is 0 Å². The van der Waals surface area contributed by atoms with Crippen LogP contribution in [0.25, 0.3) is 28.7 Å². The van der Waals surface area contributed by atoms with Crippen molar-refractivity contribution in [3.8, 4) is 5.69 Å². The highest BCUT2D eigenvalue weighted by atomic mass is 15.0. The molecule has 1 heterocycles. The fraction of sp³-hybridized carbons (Fsp3) is 0.143. The number of para-hydroxylation sites is 2. The van der Waals surface area contributed by atoms with E-state index >= 15 is 0 Å². The molecule has 0 aliphatic heterocycles. The Morgan fingerprint density at radius 3 is 2.27 bits per heavy atom. The minimum atomic E-state index is 0.998. The number of aromatic nitrogens is 1. The van der Waals surface area contributed by atoms with E-state index < -0.39 is 0 Å². The van der Waals surface area contributed by atoms with Crippen molar-refractivity contribution >= 4 is 23.1 Å². The van der Waals surface area contributed by atoms with Gasteiger partial charge in [0.1, 0.15) is 0 Å². The van der Waals surface area contributed by atoms with Crippen LogP contribution in [-0.4, -0.2) is 4.57 Å². The van der Waals surface area contributed by atoms with E-state index in [1.807, 2.05) is 13.8 Å². The predicted molar refractivity (Wildman–Crippen MR) is 97.3 cm³/mol. The van der Waals surface area contributed by atoms with Crippen LogP contribution >= 0.6 is 0 Å². The summed E-state index contributed by atoms with van der Waals surface area (Å²) in [4.78, 5) is 0. The maximum absolute atomic E-state index is 2.34. The van der Waals surface area contributed by atoms with Gasteiger partial charge in [-0.15, -0.1) is 0 Å². The third-order valence-electron chi connectivity index (χ3n) is 3.80. The monoisotopic (exact) mass is 287 g/mol. The van der Waals surface area contributed by atoms with E-state index in [1.165, 1.54) is 27.8 Å². The highest BCUT2D eigenvalue weighted by Gasteiger charge is 2.14. The molecule has 0 atom stereocenters. The summed E-state index contributed by atoms with van der Waals surface area (Å²) in [6, 6.07) is 19.2. The number of hydrogen-bond acceptors (Lipinski definition) is 0. The second kappa shape index (κ2) is 6.48. The molecule has 0 saturated heterocycles. The average molecular weight is 287 g/mol. The molecule has 0 fully saturated rings. The van der Waals surface area contributed by atoms with Crippen LogP contribution in [0.4, 0.5) is 0 Å². The van der Waals surface area contributed by atoms with Crippen molar-refractivity contribution in [2.75, 3.05) is 0 Å². The van der Waals surface area contributed by atoms with Crippen molar-refractivity contribution in [2.24, 2.45) is 0 Å². The Morgan fingerprint density at radius 1 is 0.773 bits per heavy atom. The van der Waals surface area contributed by atoms with Crippen LogP contribution in [0.15, 0.2) is 66.7 Å². The Hall–Kier alpha value is -2.54. The molecule has 1 aromatic heterocycles. The second-order valence-electron chi connectivity index (χ2n) is 5.03. The maximum Gasteiger partial charge on any atom is 0.0541 e. The normalized spacial score (nSPS) is 12.5. The molecule has 1 nitrogen and oxygen atoms in total.